The van der Waals surface area contributed by atoms with Gasteiger partial charge >= 0.3 is 5.97 Å². The predicted octanol–water partition coefficient (Wildman–Crippen LogP) is 2.18. The summed E-state index contributed by atoms with van der Waals surface area (Å²) in [6.45, 7) is 4.83. The van der Waals surface area contributed by atoms with Crippen LogP contribution in [0.1, 0.15) is 37.9 Å². The summed E-state index contributed by atoms with van der Waals surface area (Å²) in [4.78, 5) is 58.6. The maximum absolute atomic E-state index is 13.7. The number of imide groups is 1. The third-order valence-corrected chi connectivity index (χ3v) is 7.37. The molecule has 0 saturated carbocycles. The Kier molecular flexibility index (Phi) is 6.12. The Morgan fingerprint density at radius 3 is 2.43 bits per heavy atom. The van der Waals surface area contributed by atoms with Crippen LogP contribution in [0.15, 0.2) is 63.9 Å². The molecule has 0 radical (unpaired) electrons. The lowest BCUT2D eigenvalue weighted by molar-refractivity contribution is -0.138. The lowest BCUT2D eigenvalue weighted by atomic mass is 9.96. The van der Waals surface area contributed by atoms with Crippen LogP contribution in [0.2, 0.25) is 0 Å². The minimum Gasteiger partial charge on any atom is -0.497 e. The van der Waals surface area contributed by atoms with Gasteiger partial charge in [0.1, 0.15) is 16.3 Å². The van der Waals surface area contributed by atoms with Gasteiger partial charge in [0.2, 0.25) is 5.91 Å². The molecule has 1 aromatic heterocycles. The predicted molar refractivity (Wildman–Crippen MR) is 138 cm³/mol. The summed E-state index contributed by atoms with van der Waals surface area (Å²) in [6, 6.07) is 13.3. The first-order valence-electron chi connectivity index (χ1n) is 11.6. The zero-order chi connectivity index (χ0) is 26.4. The van der Waals surface area contributed by atoms with Gasteiger partial charge in [0.05, 0.1) is 30.6 Å². The lowest BCUT2D eigenvalue weighted by Crippen LogP contribution is -2.37. The van der Waals surface area contributed by atoms with E-state index in [1.54, 1.807) is 69.5 Å². The highest BCUT2D eigenvalue weighted by molar-refractivity contribution is 7.07. The molecule has 0 N–H and O–H groups in total. The Balaban J connectivity index is 1.80. The number of methoxy groups -OCH3 is 1. The number of carbonyl (C=O) groups excluding carboxylic acids is 3. The van der Waals surface area contributed by atoms with Gasteiger partial charge in [-0.05, 0) is 37.6 Å². The van der Waals surface area contributed by atoms with Crippen LogP contribution in [-0.4, -0.2) is 36.1 Å². The molecule has 9 nitrogen and oxygen atoms in total. The average Bonchev–Trinajstić information content (AvgIpc) is 3.36. The molecule has 1 atom stereocenters. The number of para-hydroxylation sites is 1. The second-order valence-electron chi connectivity index (χ2n) is 8.43. The molecule has 1 unspecified atom stereocenters. The summed E-state index contributed by atoms with van der Waals surface area (Å²) in [5, 5.41) is 0. The molecule has 2 aliphatic rings. The Hall–Kier alpha value is -4.31. The molecule has 37 heavy (non-hydrogen) atoms. The molecular formula is C27H23N3O6S. The van der Waals surface area contributed by atoms with Gasteiger partial charge in [0.25, 0.3) is 11.5 Å². The highest BCUT2D eigenvalue weighted by atomic mass is 32.1. The van der Waals surface area contributed by atoms with Crippen LogP contribution in [0.25, 0.3) is 11.3 Å². The van der Waals surface area contributed by atoms with Crippen molar-refractivity contribution in [3.8, 4) is 5.75 Å². The molecule has 0 spiro atoms. The van der Waals surface area contributed by atoms with E-state index in [4.69, 9.17) is 14.5 Å². The number of fused-ring (bicyclic) bond motifs is 2. The van der Waals surface area contributed by atoms with Crippen molar-refractivity contribution in [1.29, 1.82) is 0 Å². The molecule has 3 heterocycles. The molecule has 2 aromatic carbocycles. The van der Waals surface area contributed by atoms with E-state index in [0.717, 1.165) is 21.8 Å². The maximum Gasteiger partial charge on any atom is 0.338 e. The monoisotopic (exact) mass is 517 g/mol. The van der Waals surface area contributed by atoms with E-state index in [-0.39, 0.29) is 22.3 Å². The zero-order valence-electron chi connectivity index (χ0n) is 20.6. The van der Waals surface area contributed by atoms with Gasteiger partial charge in [-0.1, -0.05) is 41.7 Å². The number of rotatable bonds is 4. The molecule has 2 amide bonds. The van der Waals surface area contributed by atoms with Crippen molar-refractivity contribution in [3.05, 3.63) is 84.9 Å². The molecule has 0 saturated heterocycles. The number of carbonyl (C=O) groups is 3. The molecule has 2 aliphatic heterocycles. The Bertz CT molecular complexity index is 1680. The Morgan fingerprint density at radius 2 is 1.78 bits per heavy atom. The van der Waals surface area contributed by atoms with Gasteiger partial charge in [0, 0.05) is 18.2 Å². The standard InChI is InChI=1S/C27H23N3O6S/c1-5-36-26(34)20-14(2)29-25(33)23(21-18-8-6-7-9-19(18)30(15(3)31)24(21)32)37-27(29)28-22(20)16-10-12-17(35-4)13-11-16/h6-13,22H,5H2,1-4H3/b23-21-. The SMILES string of the molecule is CCOC(=O)C1=C(C)n2c(s/c(=C3\C(=O)N(C(C)=O)c4ccccc43)c2=O)=NC1c1ccc(OC)cc1. The van der Waals surface area contributed by atoms with Crippen LogP contribution < -0.4 is 24.5 Å². The number of hydrogen-bond donors (Lipinski definition) is 0. The number of anilines is 1. The zero-order valence-corrected chi connectivity index (χ0v) is 21.4. The van der Waals surface area contributed by atoms with Gasteiger partial charge in [-0.3, -0.25) is 19.0 Å². The molecule has 10 heteroatoms. The fourth-order valence-electron chi connectivity index (χ4n) is 4.64. The average molecular weight is 518 g/mol. The normalized spacial score (nSPS) is 17.8. The van der Waals surface area contributed by atoms with Crippen molar-refractivity contribution in [3.63, 3.8) is 0 Å². The number of thiazole rings is 1. The number of hydrogen-bond acceptors (Lipinski definition) is 8. The number of allylic oxidation sites excluding steroid dienone is 1. The number of nitrogens with zero attached hydrogens (tertiary/aromatic N) is 3. The van der Waals surface area contributed by atoms with Crippen molar-refractivity contribution in [1.82, 2.24) is 4.57 Å². The highest BCUT2D eigenvalue weighted by Crippen LogP contribution is 2.36. The fourth-order valence-corrected chi connectivity index (χ4v) is 5.77. The van der Waals surface area contributed by atoms with Gasteiger partial charge in [-0.25, -0.2) is 14.7 Å². The summed E-state index contributed by atoms with van der Waals surface area (Å²) in [7, 11) is 1.56. The minimum atomic E-state index is -0.721. The van der Waals surface area contributed by atoms with Crippen molar-refractivity contribution < 1.29 is 23.9 Å². The van der Waals surface area contributed by atoms with Gasteiger partial charge in [-0.2, -0.15) is 0 Å². The van der Waals surface area contributed by atoms with E-state index in [1.807, 2.05) is 0 Å². The largest absolute Gasteiger partial charge is 0.497 e. The van der Waals surface area contributed by atoms with E-state index < -0.39 is 29.4 Å². The molecule has 5 rings (SSSR count). The first kappa shape index (κ1) is 24.4. The molecule has 0 bridgehead atoms. The molecule has 0 aliphatic carbocycles. The van der Waals surface area contributed by atoms with E-state index in [1.165, 1.54) is 11.5 Å². The van der Waals surface area contributed by atoms with Crippen LogP contribution in [0.3, 0.4) is 0 Å². The van der Waals surface area contributed by atoms with Crippen molar-refractivity contribution >= 4 is 46.1 Å². The Morgan fingerprint density at radius 1 is 1.08 bits per heavy atom. The maximum atomic E-state index is 13.7. The number of benzene rings is 2. The number of ether oxygens (including phenoxy) is 2. The lowest BCUT2D eigenvalue weighted by Gasteiger charge is -2.22. The smallest absolute Gasteiger partial charge is 0.338 e. The first-order valence-corrected chi connectivity index (χ1v) is 12.4. The van der Waals surface area contributed by atoms with Gasteiger partial charge < -0.3 is 9.47 Å². The van der Waals surface area contributed by atoms with Crippen molar-refractivity contribution in [2.24, 2.45) is 4.99 Å². The van der Waals surface area contributed by atoms with E-state index in [2.05, 4.69) is 0 Å². The van der Waals surface area contributed by atoms with Crippen molar-refractivity contribution in [2.75, 3.05) is 18.6 Å². The number of aromatic nitrogens is 1. The van der Waals surface area contributed by atoms with Gasteiger partial charge in [-0.15, -0.1) is 0 Å². The quantitative estimate of drug-likeness (QED) is 0.491. The fraction of sp³-hybridized carbons (Fsp3) is 0.222. The van der Waals surface area contributed by atoms with Crippen molar-refractivity contribution in [2.45, 2.75) is 26.8 Å². The van der Waals surface area contributed by atoms with Gasteiger partial charge in [0.15, 0.2) is 4.80 Å². The third kappa shape index (κ3) is 3.80. The Labute approximate surface area is 215 Å². The number of esters is 1. The summed E-state index contributed by atoms with van der Waals surface area (Å²) < 4.78 is 12.1. The topological polar surface area (TPSA) is 107 Å². The van der Waals surface area contributed by atoms with Crippen LogP contribution in [0.5, 0.6) is 5.75 Å². The van der Waals surface area contributed by atoms with Crippen LogP contribution in [0.4, 0.5) is 5.69 Å². The molecule has 188 valence electrons. The summed E-state index contributed by atoms with van der Waals surface area (Å²) in [5.41, 5.74) is 1.91. The first-order chi connectivity index (χ1) is 17.8. The van der Waals surface area contributed by atoms with Crippen LogP contribution >= 0.6 is 11.3 Å². The molecule has 0 fully saturated rings. The summed E-state index contributed by atoms with van der Waals surface area (Å²) >= 11 is 1.05. The molecule has 3 aromatic rings. The number of amides is 2. The second kappa shape index (κ2) is 9.29. The molecular weight excluding hydrogens is 494 g/mol. The van der Waals surface area contributed by atoms with E-state index in [9.17, 15) is 19.2 Å². The van der Waals surface area contributed by atoms with Crippen LogP contribution in [0, 0.1) is 0 Å². The van der Waals surface area contributed by atoms with E-state index >= 15 is 0 Å². The van der Waals surface area contributed by atoms with E-state index in [0.29, 0.717) is 27.5 Å². The third-order valence-electron chi connectivity index (χ3n) is 6.32. The summed E-state index contributed by atoms with van der Waals surface area (Å²) in [6.07, 6.45) is 0. The minimum absolute atomic E-state index is 0.143. The summed E-state index contributed by atoms with van der Waals surface area (Å²) in [5.74, 6) is -0.937. The van der Waals surface area contributed by atoms with Crippen LogP contribution in [-0.2, 0) is 19.1 Å². The highest BCUT2D eigenvalue weighted by Gasteiger charge is 2.37. The second-order valence-corrected chi connectivity index (χ2v) is 9.41.